The summed E-state index contributed by atoms with van der Waals surface area (Å²) in [6.07, 6.45) is 2.49. The van der Waals surface area contributed by atoms with E-state index in [9.17, 15) is 9.59 Å². The molecule has 2 nitrogen and oxygen atoms in total. The fourth-order valence-corrected chi connectivity index (χ4v) is 4.26. The van der Waals surface area contributed by atoms with Crippen molar-refractivity contribution in [2.24, 2.45) is 23.7 Å². The summed E-state index contributed by atoms with van der Waals surface area (Å²) in [6, 6.07) is 0. The van der Waals surface area contributed by atoms with Gasteiger partial charge in [-0.05, 0) is 19.3 Å². The molecule has 0 aromatic rings. The first-order valence-electron chi connectivity index (χ1n) is 4.90. The Kier molecular flexibility index (Phi) is 1.53. The van der Waals surface area contributed by atoms with Gasteiger partial charge < -0.3 is 0 Å². The predicted octanol–water partition coefficient (Wildman–Crippen LogP) is 1.56. The minimum absolute atomic E-state index is 0.153. The summed E-state index contributed by atoms with van der Waals surface area (Å²) in [5.41, 5.74) is 0. The number of hydrogen-bond donors (Lipinski definition) is 0. The quantitative estimate of drug-likeness (QED) is 0.605. The van der Waals surface area contributed by atoms with E-state index in [0.29, 0.717) is 11.6 Å². The van der Waals surface area contributed by atoms with Crippen LogP contribution in [0.25, 0.3) is 0 Å². The van der Waals surface area contributed by atoms with Crippen LogP contribution < -0.4 is 0 Å². The number of ketones is 2. The van der Waals surface area contributed by atoms with Crippen molar-refractivity contribution in [3.8, 4) is 0 Å². The minimum atomic E-state index is 0.153. The van der Waals surface area contributed by atoms with Crippen LogP contribution in [0.4, 0.5) is 0 Å². The molecule has 4 aliphatic carbocycles. The van der Waals surface area contributed by atoms with Crippen molar-refractivity contribution < 1.29 is 9.59 Å². The van der Waals surface area contributed by atoms with Crippen molar-refractivity contribution >= 4 is 27.5 Å². The number of alkyl halides is 1. The highest BCUT2D eigenvalue weighted by Gasteiger charge is 2.56. The van der Waals surface area contributed by atoms with Crippen molar-refractivity contribution in [3.63, 3.8) is 0 Å². The normalized spacial score (nSPS) is 53.2. The first-order chi connectivity index (χ1) is 6.18. The summed E-state index contributed by atoms with van der Waals surface area (Å²) in [5, 5.41) is 0. The maximum absolute atomic E-state index is 11.7. The largest absolute Gasteiger partial charge is 0.299 e. The Morgan fingerprint density at radius 3 is 1.85 bits per heavy atom. The molecule has 3 heteroatoms. The molecule has 0 radical (unpaired) electrons. The molecule has 4 saturated carbocycles. The standard InChI is InChI=1S/C10H11BrO2/c11-8-6-2-4-1-5(10(6)13)3-7(8)9(4)12/h4-8H,1-3H2/t4-,5-,6+,7+/m0/s1. The number of rotatable bonds is 0. The van der Waals surface area contributed by atoms with E-state index in [0.717, 1.165) is 19.3 Å². The molecule has 0 aliphatic heterocycles. The van der Waals surface area contributed by atoms with Gasteiger partial charge in [0.2, 0.25) is 0 Å². The Labute approximate surface area is 85.2 Å². The Hall–Kier alpha value is -0.180. The number of carbonyl (C=O) groups is 2. The zero-order chi connectivity index (χ0) is 9.16. The monoisotopic (exact) mass is 242 g/mol. The van der Waals surface area contributed by atoms with Crippen LogP contribution >= 0.6 is 15.9 Å². The van der Waals surface area contributed by atoms with Gasteiger partial charge >= 0.3 is 0 Å². The summed E-state index contributed by atoms with van der Waals surface area (Å²) >= 11 is 3.52. The first-order valence-corrected chi connectivity index (χ1v) is 5.81. The number of hydrogen-bond acceptors (Lipinski definition) is 2. The molecule has 0 spiro atoms. The first kappa shape index (κ1) is 8.16. The van der Waals surface area contributed by atoms with E-state index in [1.807, 2.05) is 0 Å². The lowest BCUT2D eigenvalue weighted by Crippen LogP contribution is -2.56. The fourth-order valence-electron chi connectivity index (χ4n) is 3.31. The van der Waals surface area contributed by atoms with Gasteiger partial charge in [0.15, 0.2) is 0 Å². The van der Waals surface area contributed by atoms with Crippen molar-refractivity contribution in [2.45, 2.75) is 24.1 Å². The van der Waals surface area contributed by atoms with Crippen molar-refractivity contribution in [2.75, 3.05) is 0 Å². The minimum Gasteiger partial charge on any atom is -0.299 e. The molecule has 4 atom stereocenters. The second-order valence-corrected chi connectivity index (χ2v) is 5.62. The maximum Gasteiger partial charge on any atom is 0.140 e. The molecule has 0 N–H and O–H groups in total. The van der Waals surface area contributed by atoms with Crippen LogP contribution in [-0.2, 0) is 9.59 Å². The van der Waals surface area contributed by atoms with Gasteiger partial charge in [-0.3, -0.25) is 9.59 Å². The molecule has 0 aromatic heterocycles. The zero-order valence-electron chi connectivity index (χ0n) is 7.20. The van der Waals surface area contributed by atoms with Crippen molar-refractivity contribution in [1.29, 1.82) is 0 Å². The summed E-state index contributed by atoms with van der Waals surface area (Å²) in [6.45, 7) is 0. The number of Topliss-reactive ketones (excluding diaryl/α,β-unsaturated/α-hetero) is 2. The Bertz CT molecular complexity index is 271. The fraction of sp³-hybridized carbons (Fsp3) is 0.800. The molecule has 70 valence electrons. The molecule has 0 aromatic carbocycles. The highest BCUT2D eigenvalue weighted by atomic mass is 79.9. The third-order valence-electron chi connectivity index (χ3n) is 3.95. The highest BCUT2D eigenvalue weighted by Crippen LogP contribution is 2.52. The second-order valence-electron chi connectivity index (χ2n) is 4.56. The van der Waals surface area contributed by atoms with Crippen LogP contribution in [0.15, 0.2) is 0 Å². The Morgan fingerprint density at radius 2 is 1.38 bits per heavy atom. The molecule has 4 rings (SSSR count). The van der Waals surface area contributed by atoms with Crippen LogP contribution in [0.3, 0.4) is 0 Å². The van der Waals surface area contributed by atoms with Gasteiger partial charge in [0.05, 0.1) is 0 Å². The van der Waals surface area contributed by atoms with Gasteiger partial charge in [-0.15, -0.1) is 0 Å². The van der Waals surface area contributed by atoms with Gasteiger partial charge in [0.1, 0.15) is 11.6 Å². The van der Waals surface area contributed by atoms with E-state index < -0.39 is 0 Å². The molecule has 4 aliphatic rings. The average Bonchev–Trinajstić information content (AvgIpc) is 2.10. The van der Waals surface area contributed by atoms with E-state index in [2.05, 4.69) is 15.9 Å². The van der Waals surface area contributed by atoms with Gasteiger partial charge in [0.25, 0.3) is 0 Å². The molecule has 13 heavy (non-hydrogen) atoms. The lowest BCUT2D eigenvalue weighted by molar-refractivity contribution is -0.149. The average molecular weight is 243 g/mol. The zero-order valence-corrected chi connectivity index (χ0v) is 8.79. The Morgan fingerprint density at radius 1 is 0.923 bits per heavy atom. The predicted molar refractivity (Wildman–Crippen MR) is 50.5 cm³/mol. The van der Waals surface area contributed by atoms with Crippen LogP contribution in [0.2, 0.25) is 0 Å². The van der Waals surface area contributed by atoms with Crippen molar-refractivity contribution in [3.05, 3.63) is 0 Å². The smallest absolute Gasteiger partial charge is 0.140 e. The number of halogens is 1. The van der Waals surface area contributed by atoms with E-state index in [-0.39, 0.29) is 28.5 Å². The summed E-state index contributed by atoms with van der Waals surface area (Å²) in [7, 11) is 0. The van der Waals surface area contributed by atoms with Crippen LogP contribution in [0.5, 0.6) is 0 Å². The van der Waals surface area contributed by atoms with Crippen molar-refractivity contribution in [1.82, 2.24) is 0 Å². The van der Waals surface area contributed by atoms with Crippen LogP contribution in [0.1, 0.15) is 19.3 Å². The molecule has 4 bridgehead atoms. The van der Waals surface area contributed by atoms with Gasteiger partial charge in [-0.2, -0.15) is 0 Å². The third-order valence-corrected chi connectivity index (χ3v) is 5.23. The highest BCUT2D eigenvalue weighted by molar-refractivity contribution is 9.09. The van der Waals surface area contributed by atoms with Gasteiger partial charge in [0, 0.05) is 28.5 Å². The molecule has 0 unspecified atom stereocenters. The summed E-state index contributed by atoms with van der Waals surface area (Å²) in [4.78, 5) is 23.7. The molecule has 4 fully saturated rings. The third kappa shape index (κ3) is 0.888. The van der Waals surface area contributed by atoms with E-state index in [1.54, 1.807) is 0 Å². The molecule has 0 saturated heterocycles. The Balaban J connectivity index is 2.04. The van der Waals surface area contributed by atoms with E-state index in [4.69, 9.17) is 0 Å². The van der Waals surface area contributed by atoms with E-state index >= 15 is 0 Å². The summed E-state index contributed by atoms with van der Waals surface area (Å²) < 4.78 is 0. The lowest BCUT2D eigenvalue weighted by Gasteiger charge is -2.50. The second kappa shape index (κ2) is 2.44. The molecule has 0 amide bonds. The van der Waals surface area contributed by atoms with Crippen LogP contribution in [0, 0.1) is 23.7 Å². The van der Waals surface area contributed by atoms with Gasteiger partial charge in [-0.1, -0.05) is 15.9 Å². The van der Waals surface area contributed by atoms with E-state index in [1.165, 1.54) is 0 Å². The number of carbonyl (C=O) groups excluding carboxylic acids is 2. The molecule has 0 heterocycles. The van der Waals surface area contributed by atoms with Gasteiger partial charge in [-0.25, -0.2) is 0 Å². The maximum atomic E-state index is 11.7. The SMILES string of the molecule is O=C1[C@H]2C[C@H]3C[C@@H]1C(Br)[C@@H](C2)C3=O. The molecular formula is C10H11BrO2. The lowest BCUT2D eigenvalue weighted by atomic mass is 9.55. The topological polar surface area (TPSA) is 34.1 Å². The molecular weight excluding hydrogens is 232 g/mol. The van der Waals surface area contributed by atoms with Crippen LogP contribution in [-0.4, -0.2) is 16.4 Å². The summed E-state index contributed by atoms with van der Waals surface area (Å²) in [5.74, 6) is 1.59.